The van der Waals surface area contributed by atoms with Crippen LogP contribution in [-0.2, 0) is 12.8 Å². The molecule has 0 bridgehead atoms. The molecule has 0 amide bonds. The van der Waals surface area contributed by atoms with Crippen molar-refractivity contribution in [1.82, 2.24) is 0 Å². The maximum Gasteiger partial charge on any atom is 0.159 e. The number of carbonyl (C=O) groups is 1. The zero-order chi connectivity index (χ0) is 21.5. The molecule has 3 aliphatic rings. The zero-order valence-electron chi connectivity index (χ0n) is 18.5. The van der Waals surface area contributed by atoms with Gasteiger partial charge in [-0.05, 0) is 110 Å². The van der Waals surface area contributed by atoms with Crippen LogP contribution in [0.1, 0.15) is 103 Å². The fourth-order valence-electron chi connectivity index (χ4n) is 6.33. The predicted molar refractivity (Wildman–Crippen MR) is 122 cm³/mol. The predicted octanol–water partition coefficient (Wildman–Crippen LogP) is 6.87. The lowest BCUT2D eigenvalue weighted by Gasteiger charge is -2.27. The van der Waals surface area contributed by atoms with Crippen molar-refractivity contribution in [3.8, 4) is 11.1 Å². The maximum absolute atomic E-state index is 13.9. The molecule has 0 heterocycles. The molecule has 1 saturated carbocycles. The summed E-state index contributed by atoms with van der Waals surface area (Å²) in [6.45, 7) is 1.63. The average Bonchev–Trinajstić information content (AvgIpc) is 3.05. The van der Waals surface area contributed by atoms with Crippen molar-refractivity contribution in [1.29, 1.82) is 0 Å². The Morgan fingerprint density at radius 3 is 2.68 bits per heavy atom. The summed E-state index contributed by atoms with van der Waals surface area (Å²) >= 11 is 0. The second kappa shape index (κ2) is 8.50. The molecule has 0 saturated heterocycles. The van der Waals surface area contributed by atoms with Crippen LogP contribution in [0.3, 0.4) is 0 Å². The topological polar surface area (TPSA) is 37.3 Å². The Morgan fingerprint density at radius 1 is 1.03 bits per heavy atom. The van der Waals surface area contributed by atoms with Crippen LogP contribution in [0.2, 0.25) is 0 Å². The lowest BCUT2D eigenvalue weighted by molar-refractivity contribution is 0.101. The standard InChI is InChI=1S/C28H33FO2/c1-17(30)21-10-11-23-19(6-5-18-3-2-4-22(29)15-18)7-8-20-9-12-24-25(13-14-27(24)31)28(20)26(23)16-21/h9-12,16,18-19,22,27,31H,2-8,13-15H2,1H3. The molecule has 164 valence electrons. The SMILES string of the molecule is CC(=O)c1ccc2c(c1)-c1c(ccc3c1CCC3O)CCC2CCC1CCCC(F)C1. The minimum Gasteiger partial charge on any atom is -0.388 e. The second-order valence-electron chi connectivity index (χ2n) is 10.0. The lowest BCUT2D eigenvalue weighted by atomic mass is 9.80. The van der Waals surface area contributed by atoms with Crippen molar-refractivity contribution in [2.24, 2.45) is 5.92 Å². The van der Waals surface area contributed by atoms with Gasteiger partial charge in [0, 0.05) is 5.56 Å². The highest BCUT2D eigenvalue weighted by Gasteiger charge is 2.31. The molecule has 3 heteroatoms. The highest BCUT2D eigenvalue weighted by atomic mass is 19.1. The van der Waals surface area contributed by atoms with E-state index in [1.807, 2.05) is 6.07 Å². The highest BCUT2D eigenvalue weighted by molar-refractivity contribution is 5.96. The van der Waals surface area contributed by atoms with Gasteiger partial charge in [0.05, 0.1) is 6.10 Å². The third kappa shape index (κ3) is 3.98. The number of aliphatic hydroxyl groups excluding tert-OH is 1. The molecule has 31 heavy (non-hydrogen) atoms. The molecule has 0 aromatic heterocycles. The van der Waals surface area contributed by atoms with Crippen molar-refractivity contribution in [3.63, 3.8) is 0 Å². The van der Waals surface area contributed by atoms with Crippen LogP contribution in [-0.4, -0.2) is 17.1 Å². The van der Waals surface area contributed by atoms with Crippen LogP contribution >= 0.6 is 0 Å². The number of halogens is 1. The molecule has 4 atom stereocenters. The van der Waals surface area contributed by atoms with Crippen LogP contribution in [0.15, 0.2) is 30.3 Å². The number of rotatable bonds is 4. The quantitative estimate of drug-likeness (QED) is 0.548. The fourth-order valence-corrected chi connectivity index (χ4v) is 6.33. The van der Waals surface area contributed by atoms with E-state index >= 15 is 0 Å². The van der Waals surface area contributed by atoms with Gasteiger partial charge in [-0.2, -0.15) is 0 Å². The number of Topliss-reactive ketones (excluding diaryl/α,β-unsaturated/α-hetero) is 1. The van der Waals surface area contributed by atoms with Gasteiger partial charge < -0.3 is 5.11 Å². The molecule has 0 radical (unpaired) electrons. The summed E-state index contributed by atoms with van der Waals surface area (Å²) in [5.74, 6) is 1.04. The van der Waals surface area contributed by atoms with E-state index in [2.05, 4.69) is 24.3 Å². The van der Waals surface area contributed by atoms with E-state index in [1.54, 1.807) is 6.92 Å². The van der Waals surface area contributed by atoms with Crippen LogP contribution < -0.4 is 0 Å². The number of hydrogen-bond acceptors (Lipinski definition) is 2. The third-order valence-corrected chi connectivity index (χ3v) is 8.04. The first kappa shape index (κ1) is 20.9. The van der Waals surface area contributed by atoms with Crippen molar-refractivity contribution in [2.45, 2.75) is 89.3 Å². The van der Waals surface area contributed by atoms with Crippen LogP contribution in [0, 0.1) is 5.92 Å². The molecule has 1 fully saturated rings. The van der Waals surface area contributed by atoms with Gasteiger partial charge in [0.25, 0.3) is 0 Å². The Kier molecular flexibility index (Phi) is 5.73. The molecule has 5 rings (SSSR count). The van der Waals surface area contributed by atoms with Crippen molar-refractivity contribution < 1.29 is 14.3 Å². The minimum atomic E-state index is -0.614. The average molecular weight is 421 g/mol. The Labute approximate surface area is 184 Å². The second-order valence-corrected chi connectivity index (χ2v) is 10.0. The van der Waals surface area contributed by atoms with E-state index in [1.165, 1.54) is 27.8 Å². The first-order chi connectivity index (χ1) is 15.0. The van der Waals surface area contributed by atoms with Gasteiger partial charge in [-0.1, -0.05) is 37.1 Å². The van der Waals surface area contributed by atoms with Crippen LogP contribution in [0.25, 0.3) is 11.1 Å². The van der Waals surface area contributed by atoms with Gasteiger partial charge in [0.15, 0.2) is 5.78 Å². The van der Waals surface area contributed by atoms with E-state index in [0.717, 1.165) is 75.3 Å². The van der Waals surface area contributed by atoms with Gasteiger partial charge in [-0.25, -0.2) is 4.39 Å². The zero-order valence-corrected chi connectivity index (χ0v) is 18.5. The van der Waals surface area contributed by atoms with Gasteiger partial charge in [0.1, 0.15) is 6.17 Å². The Hall–Kier alpha value is -2.00. The molecule has 0 spiro atoms. The first-order valence-corrected chi connectivity index (χ1v) is 12.1. The van der Waals surface area contributed by atoms with Crippen molar-refractivity contribution in [2.75, 3.05) is 0 Å². The first-order valence-electron chi connectivity index (χ1n) is 12.1. The lowest BCUT2D eigenvalue weighted by Crippen LogP contribution is -2.17. The van der Waals surface area contributed by atoms with Crippen LogP contribution in [0.4, 0.5) is 4.39 Å². The van der Waals surface area contributed by atoms with Crippen molar-refractivity contribution >= 4 is 5.78 Å². The molecule has 2 aromatic carbocycles. The van der Waals surface area contributed by atoms with Crippen LogP contribution in [0.5, 0.6) is 0 Å². The monoisotopic (exact) mass is 420 g/mol. The number of fused-ring (bicyclic) bond motifs is 5. The number of carbonyl (C=O) groups excluding carboxylic acids is 1. The number of aryl methyl sites for hydroxylation is 1. The Bertz CT molecular complexity index is 995. The fraction of sp³-hybridized carbons (Fsp3) is 0.536. The normalized spacial score (nSPS) is 27.2. The summed E-state index contributed by atoms with van der Waals surface area (Å²) in [4.78, 5) is 12.2. The molecule has 4 unspecified atom stereocenters. The minimum absolute atomic E-state index is 0.0916. The molecular weight excluding hydrogens is 387 g/mol. The summed E-state index contributed by atoms with van der Waals surface area (Å²) < 4.78 is 13.9. The molecule has 2 aromatic rings. The smallest absolute Gasteiger partial charge is 0.159 e. The van der Waals surface area contributed by atoms with Gasteiger partial charge in [-0.3, -0.25) is 4.79 Å². The number of alkyl halides is 1. The Balaban J connectivity index is 1.53. The largest absolute Gasteiger partial charge is 0.388 e. The molecule has 3 aliphatic carbocycles. The molecule has 1 N–H and O–H groups in total. The molecule has 2 nitrogen and oxygen atoms in total. The summed E-state index contributed by atoms with van der Waals surface area (Å²) in [6.07, 6.45) is 8.62. The third-order valence-electron chi connectivity index (χ3n) is 8.04. The summed E-state index contributed by atoms with van der Waals surface area (Å²) in [5, 5.41) is 10.5. The van der Waals surface area contributed by atoms with Gasteiger partial charge in [0.2, 0.25) is 0 Å². The number of hydrogen-bond donors (Lipinski definition) is 1. The van der Waals surface area contributed by atoms with E-state index in [0.29, 0.717) is 11.8 Å². The maximum atomic E-state index is 13.9. The van der Waals surface area contributed by atoms with E-state index in [4.69, 9.17) is 0 Å². The number of ketones is 1. The Morgan fingerprint density at radius 2 is 1.87 bits per heavy atom. The van der Waals surface area contributed by atoms with Crippen molar-refractivity contribution in [3.05, 3.63) is 58.1 Å². The number of aliphatic hydroxyl groups is 1. The van der Waals surface area contributed by atoms with Gasteiger partial charge >= 0.3 is 0 Å². The molecule has 0 aliphatic heterocycles. The highest BCUT2D eigenvalue weighted by Crippen LogP contribution is 2.47. The number of benzene rings is 2. The summed E-state index contributed by atoms with van der Waals surface area (Å²) in [7, 11) is 0. The molecular formula is C28H33FO2. The van der Waals surface area contributed by atoms with E-state index in [-0.39, 0.29) is 11.9 Å². The summed E-state index contributed by atoms with van der Waals surface area (Å²) in [5.41, 5.74) is 8.26. The van der Waals surface area contributed by atoms with E-state index in [9.17, 15) is 14.3 Å². The van der Waals surface area contributed by atoms with Gasteiger partial charge in [-0.15, -0.1) is 0 Å². The summed E-state index contributed by atoms with van der Waals surface area (Å²) in [6, 6.07) is 10.6. The van der Waals surface area contributed by atoms with E-state index < -0.39 is 6.17 Å².